The van der Waals surface area contributed by atoms with Crippen molar-refractivity contribution >= 4 is 37.5 Å². The number of amides is 1. The number of likely N-dealkylation sites (N-methyl/N-ethyl adjacent to an activating group) is 1. The summed E-state index contributed by atoms with van der Waals surface area (Å²) in [7, 11) is -0.601. The standard InChI is InChI=1S/C13H20BrN3O3S/c1-4-7-17(9-13(18)16(2)3)21(19,20)12-8-10(15)5-6-11(12)14/h5-6,8H,4,7,9,15H2,1-3H3. The molecule has 0 aliphatic heterocycles. The highest BCUT2D eigenvalue weighted by molar-refractivity contribution is 9.10. The Labute approximate surface area is 134 Å². The van der Waals surface area contributed by atoms with Crippen LogP contribution in [0, 0.1) is 0 Å². The second-order valence-corrected chi connectivity index (χ2v) is 7.58. The summed E-state index contributed by atoms with van der Waals surface area (Å²) < 4.78 is 27.0. The van der Waals surface area contributed by atoms with Crippen LogP contribution in [0.15, 0.2) is 27.6 Å². The average molecular weight is 378 g/mol. The lowest BCUT2D eigenvalue weighted by Gasteiger charge is -2.23. The fraction of sp³-hybridized carbons (Fsp3) is 0.462. The second-order valence-electron chi connectivity index (χ2n) is 4.82. The molecule has 1 rings (SSSR count). The SMILES string of the molecule is CCCN(CC(=O)N(C)C)S(=O)(=O)c1cc(N)ccc1Br. The maximum atomic E-state index is 12.7. The Morgan fingerprint density at radius 3 is 2.48 bits per heavy atom. The minimum Gasteiger partial charge on any atom is -0.399 e. The van der Waals surface area contributed by atoms with Gasteiger partial charge in [0.2, 0.25) is 15.9 Å². The van der Waals surface area contributed by atoms with Gasteiger partial charge in [-0.15, -0.1) is 0 Å². The Hall–Kier alpha value is -1.12. The van der Waals surface area contributed by atoms with Gasteiger partial charge < -0.3 is 10.6 Å². The smallest absolute Gasteiger partial charge is 0.244 e. The second kappa shape index (κ2) is 7.24. The number of hydrogen-bond acceptors (Lipinski definition) is 4. The highest BCUT2D eigenvalue weighted by atomic mass is 79.9. The summed E-state index contributed by atoms with van der Waals surface area (Å²) in [5.74, 6) is -0.271. The third-order valence-corrected chi connectivity index (χ3v) is 5.70. The van der Waals surface area contributed by atoms with Crippen molar-refractivity contribution < 1.29 is 13.2 Å². The van der Waals surface area contributed by atoms with Gasteiger partial charge in [0.1, 0.15) is 0 Å². The fourth-order valence-corrected chi connectivity index (χ4v) is 4.12. The topological polar surface area (TPSA) is 83.7 Å². The van der Waals surface area contributed by atoms with Gasteiger partial charge in [0, 0.05) is 30.8 Å². The van der Waals surface area contributed by atoms with Crippen molar-refractivity contribution in [2.75, 3.05) is 32.9 Å². The van der Waals surface area contributed by atoms with Gasteiger partial charge >= 0.3 is 0 Å². The first kappa shape index (κ1) is 17.9. The van der Waals surface area contributed by atoms with Crippen LogP contribution in [-0.2, 0) is 14.8 Å². The van der Waals surface area contributed by atoms with Crippen LogP contribution < -0.4 is 5.73 Å². The number of sulfonamides is 1. The third kappa shape index (κ3) is 4.42. The fourth-order valence-electron chi connectivity index (χ4n) is 1.68. The average Bonchev–Trinajstić information content (AvgIpc) is 2.40. The largest absolute Gasteiger partial charge is 0.399 e. The number of nitrogens with two attached hydrogens (primary N) is 1. The summed E-state index contributed by atoms with van der Waals surface area (Å²) in [6.07, 6.45) is 0.611. The minimum absolute atomic E-state index is 0.0718. The summed E-state index contributed by atoms with van der Waals surface area (Å²) in [5, 5.41) is 0. The highest BCUT2D eigenvalue weighted by Crippen LogP contribution is 2.27. The van der Waals surface area contributed by atoms with E-state index in [0.29, 0.717) is 16.6 Å². The molecule has 8 heteroatoms. The van der Waals surface area contributed by atoms with Gasteiger partial charge in [0.25, 0.3) is 0 Å². The van der Waals surface area contributed by atoms with Crippen molar-refractivity contribution in [3.05, 3.63) is 22.7 Å². The van der Waals surface area contributed by atoms with Crippen molar-refractivity contribution in [3.63, 3.8) is 0 Å². The molecule has 0 aliphatic carbocycles. The minimum atomic E-state index is -3.79. The van der Waals surface area contributed by atoms with Crippen LogP contribution in [0.1, 0.15) is 13.3 Å². The van der Waals surface area contributed by atoms with Crippen LogP contribution in [0.5, 0.6) is 0 Å². The molecule has 1 amide bonds. The molecule has 0 aliphatic rings. The third-order valence-electron chi connectivity index (χ3n) is 2.86. The van der Waals surface area contributed by atoms with E-state index in [2.05, 4.69) is 15.9 Å². The van der Waals surface area contributed by atoms with Gasteiger partial charge in [-0.05, 0) is 40.5 Å². The zero-order valence-corrected chi connectivity index (χ0v) is 14.7. The number of nitrogens with zero attached hydrogens (tertiary/aromatic N) is 2. The molecule has 0 saturated carbocycles. The van der Waals surface area contributed by atoms with Gasteiger partial charge in [-0.3, -0.25) is 4.79 Å². The zero-order valence-electron chi connectivity index (χ0n) is 12.3. The molecule has 0 unspecified atom stereocenters. The quantitative estimate of drug-likeness (QED) is 0.761. The Kier molecular flexibility index (Phi) is 6.18. The molecular weight excluding hydrogens is 358 g/mol. The molecule has 1 aromatic rings. The van der Waals surface area contributed by atoms with Gasteiger partial charge in [0.05, 0.1) is 11.4 Å². The number of benzene rings is 1. The Balaban J connectivity index is 3.21. The number of nitrogen functional groups attached to an aromatic ring is 1. The summed E-state index contributed by atoms with van der Waals surface area (Å²) in [6.45, 7) is 1.94. The Morgan fingerprint density at radius 2 is 1.95 bits per heavy atom. The predicted octanol–water partition coefficient (Wildman–Crippen LogP) is 1.52. The van der Waals surface area contributed by atoms with E-state index in [1.165, 1.54) is 15.3 Å². The lowest BCUT2D eigenvalue weighted by molar-refractivity contribution is -0.128. The first-order valence-electron chi connectivity index (χ1n) is 6.45. The van der Waals surface area contributed by atoms with Crippen LogP contribution in [0.4, 0.5) is 5.69 Å². The molecule has 0 spiro atoms. The number of carbonyl (C=O) groups excluding carboxylic acids is 1. The van der Waals surface area contributed by atoms with Gasteiger partial charge in [-0.2, -0.15) is 4.31 Å². The first-order valence-corrected chi connectivity index (χ1v) is 8.68. The molecule has 0 aromatic heterocycles. The molecule has 0 heterocycles. The first-order chi connectivity index (χ1) is 9.70. The maximum absolute atomic E-state index is 12.7. The van der Waals surface area contributed by atoms with E-state index in [4.69, 9.17) is 5.73 Å². The number of rotatable bonds is 6. The van der Waals surface area contributed by atoms with Gasteiger partial charge in [-0.25, -0.2) is 8.42 Å². The van der Waals surface area contributed by atoms with Crippen LogP contribution in [0.25, 0.3) is 0 Å². The van der Waals surface area contributed by atoms with E-state index >= 15 is 0 Å². The summed E-state index contributed by atoms with van der Waals surface area (Å²) in [6, 6.07) is 4.58. The molecule has 0 fully saturated rings. The maximum Gasteiger partial charge on any atom is 0.244 e. The molecule has 21 heavy (non-hydrogen) atoms. The van der Waals surface area contributed by atoms with E-state index in [-0.39, 0.29) is 23.9 Å². The predicted molar refractivity (Wildman–Crippen MR) is 86.3 cm³/mol. The van der Waals surface area contributed by atoms with Crippen LogP contribution >= 0.6 is 15.9 Å². The van der Waals surface area contributed by atoms with Crippen molar-refractivity contribution in [2.45, 2.75) is 18.2 Å². The van der Waals surface area contributed by atoms with Crippen molar-refractivity contribution in [2.24, 2.45) is 0 Å². The summed E-state index contributed by atoms with van der Waals surface area (Å²) in [5.41, 5.74) is 6.02. The summed E-state index contributed by atoms with van der Waals surface area (Å²) in [4.78, 5) is 13.3. The Bertz CT molecular complexity index is 617. The highest BCUT2D eigenvalue weighted by Gasteiger charge is 2.28. The molecule has 118 valence electrons. The van der Waals surface area contributed by atoms with Crippen LogP contribution in [0.2, 0.25) is 0 Å². The molecule has 6 nitrogen and oxygen atoms in total. The van der Waals surface area contributed by atoms with Gasteiger partial charge in [-0.1, -0.05) is 6.92 Å². The monoisotopic (exact) mass is 377 g/mol. The lowest BCUT2D eigenvalue weighted by Crippen LogP contribution is -2.40. The van der Waals surface area contributed by atoms with Crippen LogP contribution in [0.3, 0.4) is 0 Å². The lowest BCUT2D eigenvalue weighted by atomic mass is 10.3. The van der Waals surface area contributed by atoms with E-state index in [9.17, 15) is 13.2 Å². The zero-order chi connectivity index (χ0) is 16.2. The van der Waals surface area contributed by atoms with Gasteiger partial charge in [0.15, 0.2) is 0 Å². The molecule has 2 N–H and O–H groups in total. The summed E-state index contributed by atoms with van der Waals surface area (Å²) >= 11 is 3.22. The molecule has 0 atom stereocenters. The normalized spacial score (nSPS) is 11.7. The number of carbonyl (C=O) groups is 1. The van der Waals surface area contributed by atoms with Crippen molar-refractivity contribution in [3.8, 4) is 0 Å². The van der Waals surface area contributed by atoms with E-state index in [1.54, 1.807) is 26.2 Å². The van der Waals surface area contributed by atoms with E-state index in [1.807, 2.05) is 6.92 Å². The molecule has 1 aromatic carbocycles. The molecule has 0 saturated heterocycles. The number of anilines is 1. The van der Waals surface area contributed by atoms with Crippen LogP contribution in [-0.4, -0.2) is 50.7 Å². The van der Waals surface area contributed by atoms with E-state index < -0.39 is 10.0 Å². The Morgan fingerprint density at radius 1 is 1.33 bits per heavy atom. The number of halogens is 1. The van der Waals surface area contributed by atoms with Crippen molar-refractivity contribution in [1.82, 2.24) is 9.21 Å². The number of hydrogen-bond donors (Lipinski definition) is 1. The van der Waals surface area contributed by atoms with Crippen molar-refractivity contribution in [1.29, 1.82) is 0 Å². The molecule has 0 radical (unpaired) electrons. The molecular formula is C13H20BrN3O3S. The molecule has 0 bridgehead atoms. The van der Waals surface area contributed by atoms with E-state index in [0.717, 1.165) is 0 Å².